The maximum absolute atomic E-state index is 11.1. The Bertz CT molecular complexity index is 309. The average molecular weight is 181 g/mol. The molecule has 5 nitrogen and oxygen atoms in total. The minimum atomic E-state index is -1.03. The van der Waals surface area contributed by atoms with E-state index in [1.807, 2.05) is 0 Å². The molecule has 0 amide bonds. The van der Waals surface area contributed by atoms with Crippen LogP contribution in [0, 0.1) is 0 Å². The van der Waals surface area contributed by atoms with Gasteiger partial charge in [0.15, 0.2) is 0 Å². The van der Waals surface area contributed by atoms with Crippen molar-refractivity contribution < 1.29 is 19.1 Å². The van der Waals surface area contributed by atoms with Gasteiger partial charge in [0.1, 0.15) is 0 Å². The lowest BCUT2D eigenvalue weighted by Gasteiger charge is -1.99. The van der Waals surface area contributed by atoms with Crippen molar-refractivity contribution in [1.29, 1.82) is 0 Å². The minimum absolute atomic E-state index is 0.250. The second kappa shape index (κ2) is 4.20. The number of esters is 1. The number of carbonyl (C=O) groups excluding carboxylic acids is 2. The van der Waals surface area contributed by atoms with E-state index in [4.69, 9.17) is 0 Å². The molecule has 5 heteroatoms. The maximum Gasteiger partial charge on any atom is 0.516 e. The third kappa shape index (κ3) is 2.55. The molecule has 0 spiro atoms. The Morgan fingerprint density at radius 3 is 2.46 bits per heavy atom. The predicted octanol–water partition coefficient (Wildman–Crippen LogP) is 1.00. The van der Waals surface area contributed by atoms with Crippen LogP contribution in [0.2, 0.25) is 0 Å². The summed E-state index contributed by atoms with van der Waals surface area (Å²) in [5.74, 6) is -0.755. The van der Waals surface area contributed by atoms with Crippen LogP contribution < -0.4 is 0 Å². The van der Waals surface area contributed by atoms with Gasteiger partial charge in [0.25, 0.3) is 0 Å². The zero-order chi connectivity index (χ0) is 9.68. The van der Waals surface area contributed by atoms with E-state index >= 15 is 0 Å². The molecule has 0 saturated carbocycles. The number of hydrogen-bond donors (Lipinski definition) is 0. The standard InChI is InChI=1S/C8H7NO4/c1-12-8(11)13-7(10)6-2-4-9-5-3-6/h2-5H,1H3. The molecule has 68 valence electrons. The van der Waals surface area contributed by atoms with Gasteiger partial charge in [0.05, 0.1) is 12.7 Å². The van der Waals surface area contributed by atoms with E-state index in [0.29, 0.717) is 0 Å². The lowest BCUT2D eigenvalue weighted by Crippen LogP contribution is -2.12. The summed E-state index contributed by atoms with van der Waals surface area (Å²) in [7, 11) is 1.13. The zero-order valence-corrected chi connectivity index (χ0v) is 6.89. The average Bonchev–Trinajstić information content (AvgIpc) is 2.19. The summed E-state index contributed by atoms with van der Waals surface area (Å²) in [5.41, 5.74) is 0.250. The van der Waals surface area contributed by atoms with Crippen molar-refractivity contribution in [3.05, 3.63) is 30.1 Å². The van der Waals surface area contributed by atoms with Gasteiger partial charge < -0.3 is 9.47 Å². The van der Waals surface area contributed by atoms with Crippen LogP contribution in [0.3, 0.4) is 0 Å². The third-order valence-corrected chi connectivity index (χ3v) is 1.26. The number of carbonyl (C=O) groups is 2. The van der Waals surface area contributed by atoms with E-state index in [1.165, 1.54) is 24.5 Å². The highest BCUT2D eigenvalue weighted by molar-refractivity contribution is 5.95. The topological polar surface area (TPSA) is 65.5 Å². The van der Waals surface area contributed by atoms with Crippen LogP contribution in [0.1, 0.15) is 10.4 Å². The molecule has 1 aromatic rings. The Labute approximate surface area is 74.3 Å². The van der Waals surface area contributed by atoms with E-state index in [1.54, 1.807) is 0 Å². The summed E-state index contributed by atoms with van der Waals surface area (Å²) in [5, 5.41) is 0. The minimum Gasteiger partial charge on any atom is -0.437 e. The molecule has 0 aliphatic rings. The first-order valence-corrected chi connectivity index (χ1v) is 3.44. The normalized spacial score (nSPS) is 9.00. The van der Waals surface area contributed by atoms with E-state index in [2.05, 4.69) is 14.5 Å². The van der Waals surface area contributed by atoms with Gasteiger partial charge in [-0.15, -0.1) is 0 Å². The molecule has 0 radical (unpaired) electrons. The molecule has 0 atom stereocenters. The van der Waals surface area contributed by atoms with Gasteiger partial charge in [-0.25, -0.2) is 9.59 Å². The highest BCUT2D eigenvalue weighted by Gasteiger charge is 2.11. The summed E-state index contributed by atoms with van der Waals surface area (Å²) in [6.45, 7) is 0. The fraction of sp³-hybridized carbons (Fsp3) is 0.125. The van der Waals surface area contributed by atoms with Crippen LogP contribution >= 0.6 is 0 Å². The SMILES string of the molecule is COC(=O)OC(=O)c1ccncc1. The molecule has 1 heterocycles. The molecule has 1 rings (SSSR count). The zero-order valence-electron chi connectivity index (χ0n) is 6.89. The smallest absolute Gasteiger partial charge is 0.437 e. The molecular weight excluding hydrogens is 174 g/mol. The van der Waals surface area contributed by atoms with Crippen molar-refractivity contribution >= 4 is 12.1 Å². The Morgan fingerprint density at radius 2 is 1.92 bits per heavy atom. The summed E-state index contributed by atoms with van der Waals surface area (Å²) in [4.78, 5) is 25.3. The largest absolute Gasteiger partial charge is 0.516 e. The second-order valence-electron chi connectivity index (χ2n) is 2.08. The summed E-state index contributed by atoms with van der Waals surface area (Å²) >= 11 is 0. The molecule has 0 N–H and O–H groups in total. The van der Waals surface area contributed by atoms with Gasteiger partial charge in [-0.1, -0.05) is 0 Å². The monoisotopic (exact) mass is 181 g/mol. The predicted molar refractivity (Wildman–Crippen MR) is 42.1 cm³/mol. The summed E-state index contributed by atoms with van der Waals surface area (Å²) in [6.07, 6.45) is 1.82. The van der Waals surface area contributed by atoms with E-state index < -0.39 is 12.1 Å². The van der Waals surface area contributed by atoms with E-state index in [9.17, 15) is 9.59 Å². The molecule has 0 unspecified atom stereocenters. The van der Waals surface area contributed by atoms with Gasteiger partial charge >= 0.3 is 12.1 Å². The number of nitrogens with zero attached hydrogens (tertiary/aromatic N) is 1. The lowest BCUT2D eigenvalue weighted by atomic mass is 10.3. The molecule has 0 aromatic carbocycles. The highest BCUT2D eigenvalue weighted by Crippen LogP contribution is 1.99. The molecule has 0 fully saturated rings. The van der Waals surface area contributed by atoms with Gasteiger partial charge in [-0.05, 0) is 12.1 Å². The Balaban J connectivity index is 2.65. The van der Waals surface area contributed by atoms with Gasteiger partial charge in [-0.3, -0.25) is 4.98 Å². The van der Waals surface area contributed by atoms with Gasteiger partial charge in [-0.2, -0.15) is 0 Å². The quantitative estimate of drug-likeness (QED) is 0.477. The van der Waals surface area contributed by atoms with Crippen molar-refractivity contribution in [2.45, 2.75) is 0 Å². The van der Waals surface area contributed by atoms with Crippen molar-refractivity contribution in [1.82, 2.24) is 4.98 Å². The number of rotatable bonds is 1. The van der Waals surface area contributed by atoms with Crippen LogP contribution in [0.5, 0.6) is 0 Å². The van der Waals surface area contributed by atoms with Gasteiger partial charge in [0.2, 0.25) is 0 Å². The molecule has 0 aliphatic heterocycles. The first kappa shape index (κ1) is 9.18. The number of aromatic nitrogens is 1. The second-order valence-corrected chi connectivity index (χ2v) is 2.08. The fourth-order valence-electron chi connectivity index (χ4n) is 0.664. The van der Waals surface area contributed by atoms with E-state index in [0.717, 1.165) is 7.11 Å². The van der Waals surface area contributed by atoms with Crippen molar-refractivity contribution in [2.75, 3.05) is 7.11 Å². The highest BCUT2D eigenvalue weighted by atomic mass is 16.7. The Kier molecular flexibility index (Phi) is 2.97. The third-order valence-electron chi connectivity index (χ3n) is 1.26. The van der Waals surface area contributed by atoms with Crippen LogP contribution in [-0.4, -0.2) is 24.2 Å². The molecule has 13 heavy (non-hydrogen) atoms. The van der Waals surface area contributed by atoms with Crippen molar-refractivity contribution in [3.63, 3.8) is 0 Å². The van der Waals surface area contributed by atoms with Crippen molar-refractivity contribution in [3.8, 4) is 0 Å². The first-order chi connectivity index (χ1) is 6.24. The number of methoxy groups -OCH3 is 1. The number of hydrogen-bond acceptors (Lipinski definition) is 5. The van der Waals surface area contributed by atoms with Crippen LogP contribution in [0.25, 0.3) is 0 Å². The maximum atomic E-state index is 11.1. The lowest BCUT2D eigenvalue weighted by molar-refractivity contribution is 0.0452. The van der Waals surface area contributed by atoms with Crippen molar-refractivity contribution in [2.24, 2.45) is 0 Å². The molecular formula is C8H7NO4. The van der Waals surface area contributed by atoms with Crippen LogP contribution in [0.15, 0.2) is 24.5 Å². The Morgan fingerprint density at radius 1 is 1.31 bits per heavy atom. The van der Waals surface area contributed by atoms with Crippen LogP contribution in [0.4, 0.5) is 4.79 Å². The molecule has 0 aliphatic carbocycles. The molecule has 0 saturated heterocycles. The molecule has 1 aromatic heterocycles. The fourth-order valence-corrected chi connectivity index (χ4v) is 0.664. The molecule has 0 bridgehead atoms. The van der Waals surface area contributed by atoms with Crippen LogP contribution in [-0.2, 0) is 9.47 Å². The van der Waals surface area contributed by atoms with E-state index in [-0.39, 0.29) is 5.56 Å². The number of pyridine rings is 1. The Hall–Kier alpha value is -1.91. The first-order valence-electron chi connectivity index (χ1n) is 3.44. The number of ether oxygens (including phenoxy) is 2. The summed E-state index contributed by atoms with van der Waals surface area (Å²) < 4.78 is 8.40. The summed E-state index contributed by atoms with van der Waals surface area (Å²) in [6, 6.07) is 2.87. The van der Waals surface area contributed by atoms with Gasteiger partial charge in [0, 0.05) is 12.4 Å².